The minimum atomic E-state index is -0.941. The van der Waals surface area contributed by atoms with Gasteiger partial charge in [0.25, 0.3) is 0 Å². The number of ether oxygens (including phenoxy) is 1. The van der Waals surface area contributed by atoms with Gasteiger partial charge in [0.1, 0.15) is 17.1 Å². The van der Waals surface area contributed by atoms with Gasteiger partial charge in [-0.25, -0.2) is 4.79 Å². The third kappa shape index (κ3) is 4.02. The van der Waals surface area contributed by atoms with Crippen LogP contribution in [0.25, 0.3) is 11.0 Å². The van der Waals surface area contributed by atoms with E-state index in [2.05, 4.69) is 39.0 Å². The highest BCUT2D eigenvalue weighted by molar-refractivity contribution is 5.87. The third-order valence-electron chi connectivity index (χ3n) is 4.15. The molecule has 130 valence electrons. The van der Waals surface area contributed by atoms with E-state index < -0.39 is 5.97 Å². The molecule has 1 N–H and O–H groups in total. The predicted octanol–water partition coefficient (Wildman–Crippen LogP) is 5.05. The zero-order valence-corrected chi connectivity index (χ0v) is 14.7. The fourth-order valence-electron chi connectivity index (χ4n) is 2.65. The highest BCUT2D eigenvalue weighted by atomic mass is 16.5. The van der Waals surface area contributed by atoms with Crippen molar-refractivity contribution in [1.29, 1.82) is 0 Å². The molecule has 25 heavy (non-hydrogen) atoms. The predicted molar refractivity (Wildman–Crippen MR) is 97.5 cm³/mol. The molecule has 0 radical (unpaired) electrons. The first-order valence-electron chi connectivity index (χ1n) is 8.32. The van der Waals surface area contributed by atoms with Crippen molar-refractivity contribution in [3.63, 3.8) is 0 Å². The van der Waals surface area contributed by atoms with Crippen molar-refractivity contribution in [1.82, 2.24) is 0 Å². The lowest BCUT2D eigenvalue weighted by Gasteiger charge is -2.18. The van der Waals surface area contributed by atoms with Gasteiger partial charge in [-0.05, 0) is 53.4 Å². The van der Waals surface area contributed by atoms with Gasteiger partial charge < -0.3 is 14.3 Å². The van der Waals surface area contributed by atoms with E-state index in [-0.39, 0.29) is 11.0 Å². The summed E-state index contributed by atoms with van der Waals surface area (Å²) in [6.45, 7) is 7.05. The Morgan fingerprint density at radius 2 is 1.80 bits per heavy atom. The Morgan fingerprint density at radius 1 is 1.08 bits per heavy atom. The van der Waals surface area contributed by atoms with Crippen molar-refractivity contribution >= 4 is 16.9 Å². The molecule has 0 atom stereocenters. The molecule has 0 aliphatic rings. The Hall–Kier alpha value is -2.75. The summed E-state index contributed by atoms with van der Waals surface area (Å²) in [5.41, 5.74) is 2.52. The number of carbonyl (C=O) groups is 1. The lowest BCUT2D eigenvalue weighted by Crippen LogP contribution is -2.10. The van der Waals surface area contributed by atoms with Crippen LogP contribution in [0, 0.1) is 0 Å². The molecule has 0 saturated heterocycles. The summed E-state index contributed by atoms with van der Waals surface area (Å²) in [5, 5.41) is 9.99. The molecule has 4 nitrogen and oxygen atoms in total. The third-order valence-corrected chi connectivity index (χ3v) is 4.15. The maximum Gasteiger partial charge on any atom is 0.335 e. The van der Waals surface area contributed by atoms with E-state index in [1.165, 1.54) is 17.7 Å². The van der Waals surface area contributed by atoms with Crippen molar-refractivity contribution in [3.8, 4) is 5.75 Å². The van der Waals surface area contributed by atoms with Crippen LogP contribution in [-0.2, 0) is 11.8 Å². The number of rotatable bonds is 5. The molecule has 0 bridgehead atoms. The first-order valence-corrected chi connectivity index (χ1v) is 8.32. The van der Waals surface area contributed by atoms with Crippen molar-refractivity contribution in [2.75, 3.05) is 6.61 Å². The molecular formula is C21H22O4. The Labute approximate surface area is 147 Å². The lowest BCUT2D eigenvalue weighted by molar-refractivity contribution is 0.0697. The van der Waals surface area contributed by atoms with Gasteiger partial charge in [0, 0.05) is 11.8 Å². The zero-order valence-electron chi connectivity index (χ0n) is 14.7. The molecular weight excluding hydrogens is 316 g/mol. The number of furan rings is 1. The molecule has 0 unspecified atom stereocenters. The average molecular weight is 338 g/mol. The quantitative estimate of drug-likeness (QED) is 0.707. The number of fused-ring (bicyclic) bond motifs is 1. The Morgan fingerprint density at radius 3 is 2.44 bits per heavy atom. The maximum atomic E-state index is 10.8. The van der Waals surface area contributed by atoms with Gasteiger partial charge in [0.15, 0.2) is 0 Å². The molecule has 0 aliphatic carbocycles. The van der Waals surface area contributed by atoms with Gasteiger partial charge in [-0.2, -0.15) is 0 Å². The van der Waals surface area contributed by atoms with E-state index in [0.29, 0.717) is 18.8 Å². The summed E-state index contributed by atoms with van der Waals surface area (Å²) in [6.07, 6.45) is 0.653. The highest BCUT2D eigenvalue weighted by Gasteiger charge is 2.15. The van der Waals surface area contributed by atoms with Crippen LogP contribution >= 0.6 is 0 Å². The van der Waals surface area contributed by atoms with Crippen LogP contribution in [0.5, 0.6) is 5.75 Å². The largest absolute Gasteiger partial charge is 0.493 e. The Bertz CT molecular complexity index is 882. The molecule has 3 aromatic rings. The van der Waals surface area contributed by atoms with E-state index in [0.717, 1.165) is 16.7 Å². The summed E-state index contributed by atoms with van der Waals surface area (Å²) in [7, 11) is 0. The molecule has 0 aliphatic heterocycles. The van der Waals surface area contributed by atoms with Gasteiger partial charge in [-0.1, -0.05) is 26.8 Å². The summed E-state index contributed by atoms with van der Waals surface area (Å²) in [5.74, 6) is 0.586. The fourth-order valence-corrected chi connectivity index (χ4v) is 2.65. The van der Waals surface area contributed by atoms with Crippen LogP contribution in [0.15, 0.2) is 52.9 Å². The van der Waals surface area contributed by atoms with Gasteiger partial charge >= 0.3 is 5.97 Å². The maximum absolute atomic E-state index is 10.8. The van der Waals surface area contributed by atoms with Crippen molar-refractivity contribution in [3.05, 3.63) is 65.4 Å². The number of hydrogen-bond donors (Lipinski definition) is 1. The monoisotopic (exact) mass is 338 g/mol. The molecule has 4 heteroatoms. The molecule has 1 heterocycles. The van der Waals surface area contributed by atoms with Crippen LogP contribution < -0.4 is 4.74 Å². The number of carboxylic acid groups (broad SMARTS) is 1. The van der Waals surface area contributed by atoms with Crippen LogP contribution in [0.3, 0.4) is 0 Å². The topological polar surface area (TPSA) is 59.7 Å². The molecule has 1 aromatic heterocycles. The van der Waals surface area contributed by atoms with Gasteiger partial charge in [-0.15, -0.1) is 0 Å². The van der Waals surface area contributed by atoms with Gasteiger partial charge in [0.2, 0.25) is 0 Å². The van der Waals surface area contributed by atoms with E-state index >= 15 is 0 Å². The first-order chi connectivity index (χ1) is 11.8. The highest BCUT2D eigenvalue weighted by Crippen LogP contribution is 2.28. The second-order valence-corrected chi connectivity index (χ2v) is 7.14. The normalized spacial score (nSPS) is 11.6. The number of hydrogen-bond acceptors (Lipinski definition) is 3. The van der Waals surface area contributed by atoms with E-state index in [1.54, 1.807) is 12.1 Å². The van der Waals surface area contributed by atoms with Gasteiger partial charge in [-0.3, -0.25) is 0 Å². The minimum Gasteiger partial charge on any atom is -0.493 e. The summed E-state index contributed by atoms with van der Waals surface area (Å²) in [4.78, 5) is 10.8. The van der Waals surface area contributed by atoms with E-state index in [1.807, 2.05) is 6.07 Å². The molecule has 0 saturated carbocycles. The fraction of sp³-hybridized carbons (Fsp3) is 0.286. The molecule has 2 aromatic carbocycles. The van der Waals surface area contributed by atoms with Crippen molar-refractivity contribution in [2.24, 2.45) is 0 Å². The molecule has 0 spiro atoms. The SMILES string of the molecule is CC(C)(C)c1ccc2oc(CCOc3ccc(C(=O)O)cc3)cc2c1. The van der Waals surface area contributed by atoms with E-state index in [9.17, 15) is 4.79 Å². The molecule has 3 rings (SSSR count). The second-order valence-electron chi connectivity index (χ2n) is 7.14. The van der Waals surface area contributed by atoms with E-state index in [4.69, 9.17) is 14.3 Å². The Balaban J connectivity index is 1.64. The van der Waals surface area contributed by atoms with Crippen LogP contribution in [-0.4, -0.2) is 17.7 Å². The number of benzene rings is 2. The lowest BCUT2D eigenvalue weighted by atomic mass is 9.86. The number of carboxylic acids is 1. The summed E-state index contributed by atoms with van der Waals surface area (Å²) >= 11 is 0. The zero-order chi connectivity index (χ0) is 18.0. The van der Waals surface area contributed by atoms with Crippen LogP contribution in [0.4, 0.5) is 0 Å². The van der Waals surface area contributed by atoms with Crippen molar-refractivity contribution < 1.29 is 19.1 Å². The minimum absolute atomic E-state index is 0.108. The molecule has 0 amide bonds. The average Bonchev–Trinajstić information content (AvgIpc) is 2.96. The summed E-state index contributed by atoms with van der Waals surface area (Å²) in [6, 6.07) is 14.8. The number of aromatic carboxylic acids is 1. The smallest absolute Gasteiger partial charge is 0.335 e. The second kappa shape index (κ2) is 6.63. The van der Waals surface area contributed by atoms with Gasteiger partial charge in [0.05, 0.1) is 12.2 Å². The summed E-state index contributed by atoms with van der Waals surface area (Å²) < 4.78 is 11.5. The van der Waals surface area contributed by atoms with Crippen LogP contribution in [0.2, 0.25) is 0 Å². The Kier molecular flexibility index (Phi) is 4.53. The van der Waals surface area contributed by atoms with Crippen LogP contribution in [0.1, 0.15) is 42.5 Å². The molecule has 0 fully saturated rings. The first kappa shape index (κ1) is 17.1. The van der Waals surface area contributed by atoms with Crippen molar-refractivity contribution in [2.45, 2.75) is 32.6 Å². The standard InChI is InChI=1S/C21H22O4/c1-21(2,3)16-6-9-19-15(12-16)13-18(25-19)10-11-24-17-7-4-14(5-8-17)20(22)23/h4-9,12-13H,10-11H2,1-3H3,(H,22,23).